The summed E-state index contributed by atoms with van der Waals surface area (Å²) < 4.78 is 1.13. The quantitative estimate of drug-likeness (QED) is 0.744. The first kappa shape index (κ1) is 16.0. The molecule has 1 atom stereocenters. The molecule has 1 amide bonds. The standard InChI is InChI=1S/C18H20INO/c1-4-17(15-6-5-12(2)13(3)11-15)20-18(21)14-7-9-16(19)10-8-14/h5-11,17H,4H2,1-3H3,(H,20,21)/t17-/m1/s1. The summed E-state index contributed by atoms with van der Waals surface area (Å²) in [4.78, 5) is 12.3. The smallest absolute Gasteiger partial charge is 0.251 e. The third kappa shape index (κ3) is 4.06. The Labute approximate surface area is 140 Å². The van der Waals surface area contributed by atoms with Crippen molar-refractivity contribution >= 4 is 28.5 Å². The number of carbonyl (C=O) groups is 1. The molecule has 2 rings (SSSR count). The van der Waals surface area contributed by atoms with Crippen molar-refractivity contribution < 1.29 is 4.79 Å². The Morgan fingerprint density at radius 3 is 2.33 bits per heavy atom. The predicted octanol–water partition coefficient (Wildman–Crippen LogP) is 4.79. The lowest BCUT2D eigenvalue weighted by atomic mass is 9.99. The highest BCUT2D eigenvalue weighted by atomic mass is 127. The number of carbonyl (C=O) groups excluding carboxylic acids is 1. The molecule has 3 heteroatoms. The fraction of sp³-hybridized carbons (Fsp3) is 0.278. The summed E-state index contributed by atoms with van der Waals surface area (Å²) in [5, 5.41) is 3.12. The summed E-state index contributed by atoms with van der Waals surface area (Å²) in [6.45, 7) is 6.30. The van der Waals surface area contributed by atoms with Crippen LogP contribution in [0.4, 0.5) is 0 Å². The number of rotatable bonds is 4. The number of amides is 1. The summed E-state index contributed by atoms with van der Waals surface area (Å²) in [7, 11) is 0. The molecule has 0 aliphatic rings. The lowest BCUT2D eigenvalue weighted by Gasteiger charge is -2.18. The molecular weight excluding hydrogens is 373 g/mol. The van der Waals surface area contributed by atoms with Crippen LogP contribution in [0.25, 0.3) is 0 Å². The van der Waals surface area contributed by atoms with Crippen LogP contribution >= 0.6 is 22.6 Å². The average Bonchev–Trinajstić information content (AvgIpc) is 2.48. The van der Waals surface area contributed by atoms with Gasteiger partial charge in [0.25, 0.3) is 5.91 Å². The Morgan fingerprint density at radius 1 is 1.10 bits per heavy atom. The van der Waals surface area contributed by atoms with Crippen LogP contribution in [0, 0.1) is 17.4 Å². The van der Waals surface area contributed by atoms with E-state index in [1.54, 1.807) is 0 Å². The van der Waals surface area contributed by atoms with Crippen molar-refractivity contribution in [2.45, 2.75) is 33.2 Å². The van der Waals surface area contributed by atoms with Crippen LogP contribution in [0.5, 0.6) is 0 Å². The van der Waals surface area contributed by atoms with Gasteiger partial charge in [0.2, 0.25) is 0 Å². The van der Waals surface area contributed by atoms with Gasteiger partial charge in [-0.3, -0.25) is 4.79 Å². The Hall–Kier alpha value is -1.36. The van der Waals surface area contributed by atoms with E-state index >= 15 is 0 Å². The normalized spacial score (nSPS) is 12.0. The summed E-state index contributed by atoms with van der Waals surface area (Å²) in [6.07, 6.45) is 0.874. The van der Waals surface area contributed by atoms with Crippen molar-refractivity contribution in [2.75, 3.05) is 0 Å². The minimum Gasteiger partial charge on any atom is -0.345 e. The van der Waals surface area contributed by atoms with Crippen molar-refractivity contribution in [1.29, 1.82) is 0 Å². The van der Waals surface area contributed by atoms with E-state index < -0.39 is 0 Å². The van der Waals surface area contributed by atoms with Crippen molar-refractivity contribution in [3.05, 3.63) is 68.3 Å². The summed E-state index contributed by atoms with van der Waals surface area (Å²) >= 11 is 2.24. The SMILES string of the molecule is CC[C@@H](NC(=O)c1ccc(I)cc1)c1ccc(C)c(C)c1. The molecular formula is C18H20INO. The molecule has 2 aromatic rings. The van der Waals surface area contributed by atoms with Gasteiger partial charge in [0.05, 0.1) is 6.04 Å². The third-order valence-electron chi connectivity index (χ3n) is 3.75. The second-order valence-corrected chi connectivity index (χ2v) is 6.53. The Kier molecular flexibility index (Phi) is 5.39. The van der Waals surface area contributed by atoms with E-state index in [0.717, 1.165) is 9.99 Å². The Balaban J connectivity index is 2.16. The first-order valence-electron chi connectivity index (χ1n) is 7.15. The highest BCUT2D eigenvalue weighted by molar-refractivity contribution is 14.1. The Bertz CT molecular complexity index is 634. The number of nitrogens with one attached hydrogen (secondary N) is 1. The second-order valence-electron chi connectivity index (χ2n) is 5.28. The molecule has 0 aliphatic carbocycles. The van der Waals surface area contributed by atoms with Gasteiger partial charge in [0, 0.05) is 9.13 Å². The monoisotopic (exact) mass is 393 g/mol. The molecule has 0 radical (unpaired) electrons. The molecule has 0 saturated carbocycles. The molecule has 0 aliphatic heterocycles. The maximum atomic E-state index is 12.3. The molecule has 110 valence electrons. The minimum atomic E-state index is -0.0171. The largest absolute Gasteiger partial charge is 0.345 e. The highest BCUT2D eigenvalue weighted by Gasteiger charge is 2.14. The number of hydrogen-bond donors (Lipinski definition) is 1. The van der Waals surface area contributed by atoms with Gasteiger partial charge in [-0.15, -0.1) is 0 Å². The van der Waals surface area contributed by atoms with E-state index in [9.17, 15) is 4.79 Å². The molecule has 0 unspecified atom stereocenters. The molecule has 0 saturated heterocycles. The van der Waals surface area contributed by atoms with E-state index in [1.807, 2.05) is 24.3 Å². The number of halogens is 1. The van der Waals surface area contributed by atoms with E-state index in [1.165, 1.54) is 16.7 Å². The lowest BCUT2D eigenvalue weighted by molar-refractivity contribution is 0.0935. The van der Waals surface area contributed by atoms with Gasteiger partial charge in [-0.25, -0.2) is 0 Å². The van der Waals surface area contributed by atoms with Gasteiger partial charge in [0.1, 0.15) is 0 Å². The van der Waals surface area contributed by atoms with Crippen LogP contribution in [-0.2, 0) is 0 Å². The zero-order chi connectivity index (χ0) is 15.4. The molecule has 21 heavy (non-hydrogen) atoms. The van der Waals surface area contributed by atoms with Crippen LogP contribution < -0.4 is 5.32 Å². The molecule has 1 N–H and O–H groups in total. The number of benzene rings is 2. The van der Waals surface area contributed by atoms with Gasteiger partial charge < -0.3 is 5.32 Å². The second kappa shape index (κ2) is 7.07. The van der Waals surface area contributed by atoms with Crippen LogP contribution in [0.2, 0.25) is 0 Å². The van der Waals surface area contributed by atoms with Crippen molar-refractivity contribution in [2.24, 2.45) is 0 Å². The highest BCUT2D eigenvalue weighted by Crippen LogP contribution is 2.20. The lowest BCUT2D eigenvalue weighted by Crippen LogP contribution is -2.28. The first-order chi connectivity index (χ1) is 10.0. The molecule has 2 nitrogen and oxygen atoms in total. The van der Waals surface area contributed by atoms with Crippen LogP contribution in [-0.4, -0.2) is 5.91 Å². The van der Waals surface area contributed by atoms with E-state index in [0.29, 0.717) is 5.56 Å². The first-order valence-corrected chi connectivity index (χ1v) is 8.22. The molecule has 0 spiro atoms. The van der Waals surface area contributed by atoms with Crippen molar-refractivity contribution in [1.82, 2.24) is 5.32 Å². The van der Waals surface area contributed by atoms with Crippen LogP contribution in [0.15, 0.2) is 42.5 Å². The van der Waals surface area contributed by atoms with Gasteiger partial charge in [0.15, 0.2) is 0 Å². The number of aryl methyl sites for hydroxylation is 2. The fourth-order valence-electron chi connectivity index (χ4n) is 2.25. The molecule has 0 heterocycles. The van der Waals surface area contributed by atoms with Gasteiger partial charge >= 0.3 is 0 Å². The van der Waals surface area contributed by atoms with Crippen molar-refractivity contribution in [3.8, 4) is 0 Å². The molecule has 0 bridgehead atoms. The van der Waals surface area contributed by atoms with Crippen molar-refractivity contribution in [3.63, 3.8) is 0 Å². The summed E-state index contributed by atoms with van der Waals surface area (Å²) in [5.41, 5.74) is 4.41. The maximum Gasteiger partial charge on any atom is 0.251 e. The maximum absolute atomic E-state index is 12.3. The molecule has 0 aromatic heterocycles. The van der Waals surface area contributed by atoms with Gasteiger partial charge in [-0.1, -0.05) is 25.1 Å². The Morgan fingerprint density at radius 2 is 1.76 bits per heavy atom. The van der Waals surface area contributed by atoms with E-state index in [4.69, 9.17) is 0 Å². The van der Waals surface area contributed by atoms with Crippen LogP contribution in [0.1, 0.15) is 46.4 Å². The minimum absolute atomic E-state index is 0.0171. The summed E-state index contributed by atoms with van der Waals surface area (Å²) in [6, 6.07) is 14.1. The fourth-order valence-corrected chi connectivity index (χ4v) is 2.60. The average molecular weight is 393 g/mol. The van der Waals surface area contributed by atoms with Crippen LogP contribution in [0.3, 0.4) is 0 Å². The number of hydrogen-bond acceptors (Lipinski definition) is 1. The molecule has 0 fully saturated rings. The van der Waals surface area contributed by atoms with Gasteiger partial charge in [-0.2, -0.15) is 0 Å². The molecule has 2 aromatic carbocycles. The van der Waals surface area contributed by atoms with Gasteiger partial charge in [-0.05, 0) is 83.8 Å². The van der Waals surface area contributed by atoms with E-state index in [-0.39, 0.29) is 11.9 Å². The third-order valence-corrected chi connectivity index (χ3v) is 4.47. The topological polar surface area (TPSA) is 29.1 Å². The summed E-state index contributed by atoms with van der Waals surface area (Å²) in [5.74, 6) is -0.0171. The zero-order valence-corrected chi connectivity index (χ0v) is 14.8. The zero-order valence-electron chi connectivity index (χ0n) is 12.6. The predicted molar refractivity (Wildman–Crippen MR) is 95.6 cm³/mol. The van der Waals surface area contributed by atoms with E-state index in [2.05, 4.69) is 66.9 Å².